The van der Waals surface area contributed by atoms with Crippen LogP contribution in [0.2, 0.25) is 0 Å². The number of aliphatic carboxylic acids is 1. The van der Waals surface area contributed by atoms with E-state index in [4.69, 9.17) is 5.11 Å². The number of aliphatic hydroxyl groups is 1. The number of hydrazine groups is 1. The van der Waals surface area contributed by atoms with Gasteiger partial charge >= 0.3 is 5.97 Å². The fourth-order valence-electron chi connectivity index (χ4n) is 2.68. The molecule has 144 valence electrons. The Balaban J connectivity index is 1.72. The summed E-state index contributed by atoms with van der Waals surface area (Å²) < 4.78 is 0. The lowest BCUT2D eigenvalue weighted by molar-refractivity contribution is -0.148. The van der Waals surface area contributed by atoms with Crippen LogP contribution in [0.15, 0.2) is 66.9 Å². The third kappa shape index (κ3) is 5.03. The second-order valence-electron chi connectivity index (χ2n) is 6.21. The van der Waals surface area contributed by atoms with E-state index in [2.05, 4.69) is 15.6 Å². The highest BCUT2D eigenvalue weighted by Gasteiger charge is 2.20. The van der Waals surface area contributed by atoms with Gasteiger partial charge in [0.25, 0.3) is 5.91 Å². The van der Waals surface area contributed by atoms with Crippen LogP contribution in [0.4, 0.5) is 0 Å². The smallest absolute Gasteiger partial charge is 0.333 e. The fourth-order valence-corrected chi connectivity index (χ4v) is 2.68. The van der Waals surface area contributed by atoms with Crippen molar-refractivity contribution in [1.29, 1.82) is 0 Å². The summed E-state index contributed by atoms with van der Waals surface area (Å²) in [5.41, 5.74) is 5.81. The number of amides is 1. The quantitative estimate of drug-likeness (QED) is 0.442. The van der Waals surface area contributed by atoms with Gasteiger partial charge in [-0.3, -0.25) is 15.3 Å². The maximum Gasteiger partial charge on any atom is 0.333 e. The molecule has 1 aromatic heterocycles. The zero-order valence-corrected chi connectivity index (χ0v) is 14.9. The Morgan fingerprint density at radius 1 is 1.04 bits per heavy atom. The van der Waals surface area contributed by atoms with E-state index < -0.39 is 18.0 Å². The highest BCUT2D eigenvalue weighted by atomic mass is 16.4. The van der Waals surface area contributed by atoms with Gasteiger partial charge in [-0.15, -0.1) is 0 Å². The van der Waals surface area contributed by atoms with Gasteiger partial charge in [-0.2, -0.15) is 5.10 Å². The van der Waals surface area contributed by atoms with Gasteiger partial charge in [0.2, 0.25) is 0 Å². The molecule has 0 saturated heterocycles. The fraction of sp³-hybridized carbons (Fsp3) is 0.150. The minimum absolute atomic E-state index is 0.222. The molecule has 4 N–H and O–H groups in total. The lowest BCUT2D eigenvalue weighted by Gasteiger charge is -2.24. The molecular formula is C20H20N4O4. The molecule has 8 nitrogen and oxygen atoms in total. The van der Waals surface area contributed by atoms with Crippen molar-refractivity contribution in [3.8, 4) is 11.1 Å². The molecule has 1 unspecified atom stereocenters. The van der Waals surface area contributed by atoms with Crippen molar-refractivity contribution in [3.05, 3.63) is 78.1 Å². The number of aromatic amines is 1. The first-order chi connectivity index (χ1) is 13.5. The molecule has 3 rings (SSSR count). The van der Waals surface area contributed by atoms with Crippen LogP contribution >= 0.6 is 0 Å². The van der Waals surface area contributed by atoms with E-state index in [-0.39, 0.29) is 18.8 Å². The molecule has 3 aromatic rings. The molecule has 0 fully saturated rings. The Morgan fingerprint density at radius 3 is 2.32 bits per heavy atom. The van der Waals surface area contributed by atoms with Crippen molar-refractivity contribution in [2.24, 2.45) is 0 Å². The maximum atomic E-state index is 12.2. The largest absolute Gasteiger partial charge is 0.479 e. The van der Waals surface area contributed by atoms with Gasteiger partial charge < -0.3 is 10.2 Å². The van der Waals surface area contributed by atoms with E-state index >= 15 is 0 Å². The van der Waals surface area contributed by atoms with E-state index in [0.29, 0.717) is 0 Å². The highest BCUT2D eigenvalue weighted by molar-refractivity contribution is 5.91. The van der Waals surface area contributed by atoms with Gasteiger partial charge in [-0.05, 0) is 22.8 Å². The monoisotopic (exact) mass is 380 g/mol. The summed E-state index contributed by atoms with van der Waals surface area (Å²) in [4.78, 5) is 23.2. The molecule has 2 aromatic carbocycles. The van der Waals surface area contributed by atoms with E-state index in [0.717, 1.165) is 16.7 Å². The molecule has 1 amide bonds. The minimum atomic E-state index is -1.63. The van der Waals surface area contributed by atoms with Crippen molar-refractivity contribution in [3.63, 3.8) is 0 Å². The first-order valence-corrected chi connectivity index (χ1v) is 8.63. The predicted octanol–water partition coefficient (Wildman–Crippen LogP) is 1.67. The molecule has 0 spiro atoms. The minimum Gasteiger partial charge on any atom is -0.479 e. The first-order valence-electron chi connectivity index (χ1n) is 8.63. The molecule has 0 aliphatic carbocycles. The van der Waals surface area contributed by atoms with Crippen LogP contribution in [0.5, 0.6) is 0 Å². The topological polar surface area (TPSA) is 119 Å². The number of carboxylic acids is 1. The summed E-state index contributed by atoms with van der Waals surface area (Å²) in [6, 6.07) is 19.1. The Morgan fingerprint density at radius 2 is 1.71 bits per heavy atom. The number of rotatable bonds is 8. The number of benzene rings is 2. The average Bonchev–Trinajstić information content (AvgIpc) is 3.24. The SMILES string of the molecule is O=C(NN(Cc1ccc(-c2ccccc2)cc1)CC(O)C(=O)O)c1ccn[nH]1. The van der Waals surface area contributed by atoms with Gasteiger partial charge in [0, 0.05) is 12.7 Å². The van der Waals surface area contributed by atoms with Gasteiger partial charge in [-0.25, -0.2) is 9.80 Å². The number of carboxylic acid groups (broad SMARTS) is 1. The summed E-state index contributed by atoms with van der Waals surface area (Å²) in [7, 11) is 0. The number of nitrogens with zero attached hydrogens (tertiary/aromatic N) is 2. The van der Waals surface area contributed by atoms with Crippen LogP contribution in [-0.4, -0.2) is 49.9 Å². The zero-order chi connectivity index (χ0) is 19.9. The van der Waals surface area contributed by atoms with E-state index in [9.17, 15) is 14.7 Å². The number of carbonyl (C=O) groups excluding carboxylic acids is 1. The number of hydrogen-bond acceptors (Lipinski definition) is 5. The highest BCUT2D eigenvalue weighted by Crippen LogP contribution is 2.19. The number of nitrogens with one attached hydrogen (secondary N) is 2. The molecule has 0 bridgehead atoms. The van der Waals surface area contributed by atoms with Crippen molar-refractivity contribution in [2.45, 2.75) is 12.6 Å². The van der Waals surface area contributed by atoms with Crippen LogP contribution in [0.1, 0.15) is 16.1 Å². The van der Waals surface area contributed by atoms with Crippen molar-refractivity contribution < 1.29 is 19.8 Å². The Kier molecular flexibility index (Phi) is 6.15. The lowest BCUT2D eigenvalue weighted by Crippen LogP contribution is -2.47. The van der Waals surface area contributed by atoms with Crippen molar-refractivity contribution in [2.75, 3.05) is 6.54 Å². The molecule has 0 saturated carbocycles. The van der Waals surface area contributed by atoms with Crippen LogP contribution < -0.4 is 5.43 Å². The summed E-state index contributed by atoms with van der Waals surface area (Å²) in [6.45, 7) is -0.0467. The van der Waals surface area contributed by atoms with Crippen LogP contribution in [0.3, 0.4) is 0 Å². The van der Waals surface area contributed by atoms with E-state index in [1.54, 1.807) is 0 Å². The molecule has 8 heteroatoms. The number of carbonyl (C=O) groups is 2. The third-order valence-corrected chi connectivity index (χ3v) is 4.12. The van der Waals surface area contributed by atoms with Gasteiger partial charge in [0.1, 0.15) is 5.69 Å². The summed E-state index contributed by atoms with van der Waals surface area (Å²) in [5.74, 6) is -1.84. The predicted molar refractivity (Wildman–Crippen MR) is 102 cm³/mol. The molecule has 1 atom stereocenters. The van der Waals surface area contributed by atoms with E-state index in [1.165, 1.54) is 17.3 Å². The normalized spacial score (nSPS) is 11.9. The van der Waals surface area contributed by atoms with Gasteiger partial charge in [-0.1, -0.05) is 54.6 Å². The van der Waals surface area contributed by atoms with Crippen LogP contribution in [0, 0.1) is 0 Å². The number of aromatic nitrogens is 2. The van der Waals surface area contributed by atoms with Crippen molar-refractivity contribution >= 4 is 11.9 Å². The number of hydrogen-bond donors (Lipinski definition) is 4. The third-order valence-electron chi connectivity index (χ3n) is 4.12. The molecular weight excluding hydrogens is 360 g/mol. The van der Waals surface area contributed by atoms with Crippen molar-refractivity contribution in [1.82, 2.24) is 20.6 Å². The molecule has 0 radical (unpaired) electrons. The molecule has 28 heavy (non-hydrogen) atoms. The zero-order valence-electron chi connectivity index (χ0n) is 14.9. The second-order valence-corrected chi connectivity index (χ2v) is 6.21. The lowest BCUT2D eigenvalue weighted by atomic mass is 10.0. The molecule has 1 heterocycles. The average molecular weight is 380 g/mol. The summed E-state index contributed by atoms with van der Waals surface area (Å²) >= 11 is 0. The Bertz CT molecular complexity index is 911. The summed E-state index contributed by atoms with van der Waals surface area (Å²) in [6.07, 6.45) is -0.195. The van der Waals surface area contributed by atoms with Crippen LogP contribution in [-0.2, 0) is 11.3 Å². The number of aliphatic hydroxyl groups excluding tert-OH is 1. The second kappa shape index (κ2) is 8.94. The first kappa shape index (κ1) is 19.3. The molecule has 0 aliphatic heterocycles. The van der Waals surface area contributed by atoms with E-state index in [1.807, 2.05) is 54.6 Å². The maximum absolute atomic E-state index is 12.2. The Labute approximate surface area is 161 Å². The van der Waals surface area contributed by atoms with Gasteiger partial charge in [0.15, 0.2) is 6.10 Å². The standard InChI is InChI=1S/C20H20N4O4/c25-18(20(27)28)13-24(23-19(26)17-10-11-21-22-17)12-14-6-8-16(9-7-14)15-4-2-1-3-5-15/h1-11,18,25H,12-13H2,(H,21,22)(H,23,26)(H,27,28). The Hall–Kier alpha value is -3.49. The van der Waals surface area contributed by atoms with Crippen LogP contribution in [0.25, 0.3) is 11.1 Å². The van der Waals surface area contributed by atoms with Gasteiger partial charge in [0.05, 0.1) is 6.54 Å². The number of H-pyrrole nitrogens is 1. The molecule has 0 aliphatic rings. The summed E-state index contributed by atoms with van der Waals surface area (Å²) in [5, 5.41) is 26.3.